The summed E-state index contributed by atoms with van der Waals surface area (Å²) in [4.78, 5) is 14.9. The predicted molar refractivity (Wildman–Crippen MR) is 138 cm³/mol. The van der Waals surface area contributed by atoms with Gasteiger partial charge in [0, 0.05) is 18.5 Å². The quantitative estimate of drug-likeness (QED) is 0.254. The van der Waals surface area contributed by atoms with Crippen LogP contribution in [0.5, 0.6) is 5.75 Å². The Morgan fingerprint density at radius 1 is 1.09 bits per heavy atom. The number of fused-ring (bicyclic) bond motifs is 1. The second-order valence-electron chi connectivity index (χ2n) is 8.95. The summed E-state index contributed by atoms with van der Waals surface area (Å²) in [5.74, 6) is 0.650. The van der Waals surface area contributed by atoms with E-state index in [-0.39, 0.29) is 17.9 Å². The van der Waals surface area contributed by atoms with Crippen LogP contribution in [0.25, 0.3) is 10.8 Å². The summed E-state index contributed by atoms with van der Waals surface area (Å²) in [7, 11) is 0. The van der Waals surface area contributed by atoms with Crippen LogP contribution in [0.3, 0.4) is 0 Å². The number of carbonyl (C=O) groups excluding carboxylic acids is 1. The largest absolute Gasteiger partial charge is 0.489 e. The van der Waals surface area contributed by atoms with Crippen molar-refractivity contribution in [2.45, 2.75) is 38.7 Å². The first kappa shape index (κ1) is 24.3. The van der Waals surface area contributed by atoms with Crippen molar-refractivity contribution in [3.05, 3.63) is 77.4 Å². The van der Waals surface area contributed by atoms with E-state index in [2.05, 4.69) is 0 Å². The Bertz CT molecular complexity index is 1240. The molecule has 0 bridgehead atoms. The molecule has 1 aliphatic rings. The molecule has 7 nitrogen and oxygen atoms in total. The fraction of sp³-hybridized carbons (Fsp3) is 0.321. The first-order valence-electron chi connectivity index (χ1n) is 11.9. The van der Waals surface area contributed by atoms with Crippen LogP contribution in [0, 0.1) is 10.8 Å². The normalized spacial score (nSPS) is 16.2. The van der Waals surface area contributed by atoms with Gasteiger partial charge >= 0.3 is 5.97 Å². The molecule has 0 radical (unpaired) electrons. The van der Waals surface area contributed by atoms with Crippen molar-refractivity contribution in [2.75, 3.05) is 19.7 Å². The lowest BCUT2D eigenvalue weighted by molar-refractivity contribution is -0.144. The molecule has 0 aromatic heterocycles. The Labute approximate surface area is 205 Å². The van der Waals surface area contributed by atoms with Crippen molar-refractivity contribution < 1.29 is 14.3 Å². The van der Waals surface area contributed by atoms with Crippen LogP contribution >= 0.6 is 0 Å². The minimum absolute atomic E-state index is 0.0299. The molecule has 4 N–H and O–H groups in total. The lowest BCUT2D eigenvalue weighted by Crippen LogP contribution is -2.28. The molecule has 0 spiro atoms. The molecule has 0 aliphatic carbocycles. The lowest BCUT2D eigenvalue weighted by Gasteiger charge is -2.19. The number of esters is 1. The number of nitrogens with two attached hydrogens (primary N) is 1. The fourth-order valence-electron chi connectivity index (χ4n) is 4.51. The monoisotopic (exact) mass is 472 g/mol. The minimum Gasteiger partial charge on any atom is -0.489 e. The van der Waals surface area contributed by atoms with Gasteiger partial charge in [0.15, 0.2) is 0 Å². The number of nitrogen functional groups attached to an aromatic ring is 1. The van der Waals surface area contributed by atoms with Crippen molar-refractivity contribution >= 4 is 28.4 Å². The second kappa shape index (κ2) is 10.6. The number of hydrogen-bond acceptors (Lipinski definition) is 5. The van der Waals surface area contributed by atoms with Gasteiger partial charge in [-0.15, -0.1) is 0 Å². The maximum Gasteiger partial charge on any atom is 0.313 e. The Balaban J connectivity index is 1.53. The van der Waals surface area contributed by atoms with Crippen LogP contribution in [0.2, 0.25) is 0 Å². The molecule has 1 saturated heterocycles. The Morgan fingerprint density at radius 3 is 2.49 bits per heavy atom. The van der Waals surface area contributed by atoms with E-state index < -0.39 is 5.92 Å². The van der Waals surface area contributed by atoms with Gasteiger partial charge in [-0.2, -0.15) is 0 Å². The molecule has 7 heteroatoms. The average molecular weight is 473 g/mol. The summed E-state index contributed by atoms with van der Waals surface area (Å²) in [6, 6.07) is 19.4. The second-order valence-corrected chi connectivity index (χ2v) is 8.95. The van der Waals surface area contributed by atoms with Crippen LogP contribution in [0.1, 0.15) is 42.9 Å². The zero-order chi connectivity index (χ0) is 24.9. The van der Waals surface area contributed by atoms with E-state index in [9.17, 15) is 4.79 Å². The smallest absolute Gasteiger partial charge is 0.313 e. The van der Waals surface area contributed by atoms with E-state index in [0.717, 1.165) is 47.2 Å². The highest BCUT2D eigenvalue weighted by Gasteiger charge is 2.25. The van der Waals surface area contributed by atoms with Gasteiger partial charge in [0.05, 0.1) is 24.9 Å². The van der Waals surface area contributed by atoms with Crippen LogP contribution in [-0.4, -0.2) is 48.3 Å². The molecule has 1 fully saturated rings. The van der Waals surface area contributed by atoms with Crippen LogP contribution in [0.4, 0.5) is 0 Å². The van der Waals surface area contributed by atoms with Gasteiger partial charge in [0.2, 0.25) is 0 Å². The van der Waals surface area contributed by atoms with Crippen LogP contribution < -0.4 is 10.5 Å². The third-order valence-corrected chi connectivity index (χ3v) is 6.43. The molecule has 2 atom stereocenters. The van der Waals surface area contributed by atoms with E-state index in [1.165, 1.54) is 0 Å². The summed E-state index contributed by atoms with van der Waals surface area (Å²) >= 11 is 0. The van der Waals surface area contributed by atoms with Gasteiger partial charge in [-0.05, 0) is 60.4 Å². The van der Waals surface area contributed by atoms with E-state index in [0.29, 0.717) is 24.4 Å². The Hall–Kier alpha value is -3.87. The van der Waals surface area contributed by atoms with Gasteiger partial charge in [0.1, 0.15) is 17.7 Å². The van der Waals surface area contributed by atoms with Gasteiger partial charge in [-0.3, -0.25) is 15.6 Å². The summed E-state index contributed by atoms with van der Waals surface area (Å²) in [5.41, 5.74) is 8.21. The van der Waals surface area contributed by atoms with Crippen molar-refractivity contribution in [1.82, 2.24) is 4.90 Å². The topological polar surface area (TPSA) is 112 Å². The van der Waals surface area contributed by atoms with E-state index >= 15 is 0 Å². The maximum absolute atomic E-state index is 12.9. The highest BCUT2D eigenvalue weighted by Crippen LogP contribution is 2.28. The van der Waals surface area contributed by atoms with Gasteiger partial charge in [-0.1, -0.05) is 42.5 Å². The van der Waals surface area contributed by atoms with Gasteiger partial charge in [-0.25, -0.2) is 0 Å². The summed E-state index contributed by atoms with van der Waals surface area (Å²) in [5, 5.41) is 17.5. The fourth-order valence-corrected chi connectivity index (χ4v) is 4.51. The molecule has 1 aliphatic heterocycles. The molecule has 4 rings (SSSR count). The first-order chi connectivity index (χ1) is 16.8. The zero-order valence-electron chi connectivity index (χ0n) is 20.2. The number of ether oxygens (including phenoxy) is 2. The third kappa shape index (κ3) is 5.80. The number of rotatable bonds is 8. The standard InChI is InChI=1S/C28H32N4O3/c1-3-34-28(33)26(15-19-4-5-20-6-7-22(27(30)31)16-23(20)14-19)21-8-10-24(11-9-21)35-25-12-13-32(17-25)18(2)29/h4-11,14,16,25-26,29H,3,12-13,15,17H2,1-2H3,(H3,30,31)/t25-,26-/m0/s1. The number of nitrogens with one attached hydrogen (secondary N) is 2. The molecule has 0 saturated carbocycles. The molecule has 1 heterocycles. The highest BCUT2D eigenvalue weighted by molar-refractivity contribution is 5.99. The third-order valence-electron chi connectivity index (χ3n) is 6.43. The molecular formula is C28H32N4O3. The molecule has 3 aromatic carbocycles. The number of carbonyl (C=O) groups is 1. The first-order valence-corrected chi connectivity index (χ1v) is 11.9. The number of nitrogens with zero attached hydrogens (tertiary/aromatic N) is 1. The maximum atomic E-state index is 12.9. The summed E-state index contributed by atoms with van der Waals surface area (Å²) < 4.78 is 11.5. The van der Waals surface area contributed by atoms with E-state index in [1.807, 2.05) is 72.5 Å². The summed E-state index contributed by atoms with van der Waals surface area (Å²) in [6.07, 6.45) is 1.44. The average Bonchev–Trinajstić information content (AvgIpc) is 3.31. The van der Waals surface area contributed by atoms with Crippen molar-refractivity contribution in [1.29, 1.82) is 10.8 Å². The lowest BCUT2D eigenvalue weighted by atomic mass is 9.91. The molecule has 182 valence electrons. The Morgan fingerprint density at radius 2 is 1.83 bits per heavy atom. The number of amidine groups is 2. The highest BCUT2D eigenvalue weighted by atomic mass is 16.5. The Kier molecular flexibility index (Phi) is 7.34. The van der Waals surface area contributed by atoms with Crippen molar-refractivity contribution in [3.63, 3.8) is 0 Å². The van der Waals surface area contributed by atoms with Gasteiger partial charge in [0.25, 0.3) is 0 Å². The number of likely N-dealkylation sites (tertiary alicyclic amines) is 1. The molecule has 0 amide bonds. The zero-order valence-corrected chi connectivity index (χ0v) is 20.2. The molecule has 35 heavy (non-hydrogen) atoms. The number of hydrogen-bond donors (Lipinski definition) is 3. The SMILES string of the molecule is CCOC(=O)[C@@H](Cc1ccc2ccc(C(=N)N)cc2c1)c1ccc(O[C@H]2CCN(C(C)=N)C2)cc1. The van der Waals surface area contributed by atoms with Crippen LogP contribution in [-0.2, 0) is 16.0 Å². The molecular weight excluding hydrogens is 440 g/mol. The molecule has 3 aromatic rings. The minimum atomic E-state index is -0.444. The van der Waals surface area contributed by atoms with E-state index in [1.54, 1.807) is 6.92 Å². The van der Waals surface area contributed by atoms with Crippen LogP contribution in [0.15, 0.2) is 60.7 Å². The molecule has 0 unspecified atom stereocenters. The summed E-state index contributed by atoms with van der Waals surface area (Å²) in [6.45, 7) is 5.48. The van der Waals surface area contributed by atoms with E-state index in [4.69, 9.17) is 26.0 Å². The van der Waals surface area contributed by atoms with Crippen molar-refractivity contribution in [2.24, 2.45) is 5.73 Å². The van der Waals surface area contributed by atoms with Crippen molar-refractivity contribution in [3.8, 4) is 5.75 Å². The predicted octanol–water partition coefficient (Wildman–Crippen LogP) is 4.46. The van der Waals surface area contributed by atoms with Gasteiger partial charge < -0.3 is 20.1 Å². The number of benzene rings is 3.